The Labute approximate surface area is 112 Å². The topological polar surface area (TPSA) is 56.8 Å². The van der Waals surface area contributed by atoms with E-state index in [4.69, 9.17) is 26.9 Å². The van der Waals surface area contributed by atoms with Crippen LogP contribution in [0.4, 0.5) is 0 Å². The quantitative estimate of drug-likeness (QED) is 0.774. The van der Waals surface area contributed by atoms with Crippen molar-refractivity contribution in [2.75, 3.05) is 6.61 Å². The van der Waals surface area contributed by atoms with Gasteiger partial charge in [0.1, 0.15) is 23.5 Å². The average Bonchev–Trinajstić information content (AvgIpc) is 2.34. The zero-order valence-corrected chi connectivity index (χ0v) is 11.0. The molecule has 1 aromatic rings. The van der Waals surface area contributed by atoms with E-state index in [1.54, 1.807) is 18.2 Å². The maximum absolute atomic E-state index is 8.75. The second-order valence-electron chi connectivity index (χ2n) is 4.17. The molecule has 0 amide bonds. The molecule has 0 heterocycles. The van der Waals surface area contributed by atoms with Crippen molar-refractivity contribution in [1.82, 2.24) is 0 Å². The van der Waals surface area contributed by atoms with E-state index in [0.29, 0.717) is 28.9 Å². The molecule has 0 atom stereocenters. The van der Waals surface area contributed by atoms with Crippen LogP contribution < -0.4 is 4.74 Å². The average molecular weight is 261 g/mol. The van der Waals surface area contributed by atoms with Crippen molar-refractivity contribution in [1.29, 1.82) is 10.5 Å². The number of halogens is 1. The van der Waals surface area contributed by atoms with Crippen molar-refractivity contribution in [2.24, 2.45) is 5.92 Å². The van der Waals surface area contributed by atoms with Crippen molar-refractivity contribution >= 4 is 17.7 Å². The predicted molar refractivity (Wildman–Crippen MR) is 71.0 cm³/mol. The van der Waals surface area contributed by atoms with Gasteiger partial charge in [0.05, 0.1) is 6.61 Å². The van der Waals surface area contributed by atoms with E-state index in [1.165, 1.54) is 6.08 Å². The molecule has 0 aliphatic rings. The Morgan fingerprint density at radius 2 is 2.06 bits per heavy atom. The largest absolute Gasteiger partial charge is 0.493 e. The molecule has 3 nitrogen and oxygen atoms in total. The first-order valence-electron chi connectivity index (χ1n) is 5.51. The van der Waals surface area contributed by atoms with E-state index in [0.717, 1.165) is 0 Å². The third kappa shape index (κ3) is 4.13. The first-order valence-corrected chi connectivity index (χ1v) is 5.89. The smallest absolute Gasteiger partial charge is 0.130 e. The molecule has 1 aromatic carbocycles. The van der Waals surface area contributed by atoms with Gasteiger partial charge >= 0.3 is 0 Å². The molecule has 0 aliphatic heterocycles. The van der Waals surface area contributed by atoms with Crippen molar-refractivity contribution < 1.29 is 4.74 Å². The van der Waals surface area contributed by atoms with Crippen LogP contribution in [0.1, 0.15) is 19.4 Å². The van der Waals surface area contributed by atoms with E-state index in [-0.39, 0.29) is 5.57 Å². The van der Waals surface area contributed by atoms with E-state index in [9.17, 15) is 0 Å². The molecule has 4 heteroatoms. The summed E-state index contributed by atoms with van der Waals surface area (Å²) in [5, 5.41) is 18.0. The molecule has 92 valence electrons. The fraction of sp³-hybridized carbons (Fsp3) is 0.286. The minimum Gasteiger partial charge on any atom is -0.493 e. The Hall–Kier alpha value is -1.97. The molecule has 0 radical (unpaired) electrons. The second kappa shape index (κ2) is 6.69. The van der Waals surface area contributed by atoms with Gasteiger partial charge in [-0.3, -0.25) is 0 Å². The Balaban J connectivity index is 3.09. The molecule has 18 heavy (non-hydrogen) atoms. The number of nitrogens with zero attached hydrogens (tertiary/aromatic N) is 2. The summed E-state index contributed by atoms with van der Waals surface area (Å²) < 4.78 is 5.62. The van der Waals surface area contributed by atoms with Crippen LogP contribution in [-0.2, 0) is 0 Å². The van der Waals surface area contributed by atoms with Gasteiger partial charge in [-0.1, -0.05) is 25.4 Å². The molecule has 0 unspecified atom stereocenters. The summed E-state index contributed by atoms with van der Waals surface area (Å²) in [5.74, 6) is 1.01. The van der Waals surface area contributed by atoms with E-state index < -0.39 is 0 Å². The minimum absolute atomic E-state index is 0.0201. The zero-order chi connectivity index (χ0) is 13.5. The van der Waals surface area contributed by atoms with E-state index in [1.807, 2.05) is 26.0 Å². The van der Waals surface area contributed by atoms with Crippen LogP contribution in [-0.4, -0.2) is 6.61 Å². The van der Waals surface area contributed by atoms with Gasteiger partial charge in [-0.15, -0.1) is 0 Å². The van der Waals surface area contributed by atoms with Crippen molar-refractivity contribution in [3.05, 3.63) is 34.4 Å². The van der Waals surface area contributed by atoms with Gasteiger partial charge in [-0.25, -0.2) is 0 Å². The van der Waals surface area contributed by atoms with Gasteiger partial charge < -0.3 is 4.74 Å². The molecule has 1 rings (SSSR count). The number of rotatable bonds is 4. The van der Waals surface area contributed by atoms with Crippen LogP contribution in [0.2, 0.25) is 5.02 Å². The summed E-state index contributed by atoms with van der Waals surface area (Å²) in [7, 11) is 0. The van der Waals surface area contributed by atoms with Gasteiger partial charge in [0.2, 0.25) is 0 Å². The monoisotopic (exact) mass is 260 g/mol. The normalized spacial score (nSPS) is 9.44. The Morgan fingerprint density at radius 3 is 2.61 bits per heavy atom. The highest BCUT2D eigenvalue weighted by molar-refractivity contribution is 6.30. The summed E-state index contributed by atoms with van der Waals surface area (Å²) in [4.78, 5) is 0. The van der Waals surface area contributed by atoms with Crippen molar-refractivity contribution in [3.63, 3.8) is 0 Å². The predicted octanol–water partition coefficient (Wildman–Crippen LogP) is 3.81. The third-order valence-electron chi connectivity index (χ3n) is 2.08. The lowest BCUT2D eigenvalue weighted by atomic mass is 10.1. The second-order valence-corrected chi connectivity index (χ2v) is 4.61. The Morgan fingerprint density at radius 1 is 1.39 bits per heavy atom. The number of hydrogen-bond donors (Lipinski definition) is 0. The van der Waals surface area contributed by atoms with Gasteiger partial charge in [-0.05, 0) is 30.2 Å². The number of ether oxygens (including phenoxy) is 1. The fourth-order valence-corrected chi connectivity index (χ4v) is 1.45. The summed E-state index contributed by atoms with van der Waals surface area (Å²) >= 11 is 5.90. The molecule has 0 bridgehead atoms. The molecule has 0 spiro atoms. The lowest BCUT2D eigenvalue weighted by Crippen LogP contribution is -2.05. The van der Waals surface area contributed by atoms with E-state index >= 15 is 0 Å². The van der Waals surface area contributed by atoms with Crippen LogP contribution >= 0.6 is 11.6 Å². The highest BCUT2D eigenvalue weighted by Crippen LogP contribution is 2.25. The molecule has 0 saturated carbocycles. The SMILES string of the molecule is CC(C)COc1ccc(Cl)cc1C=C(C#N)C#N. The van der Waals surface area contributed by atoms with Gasteiger partial charge in [0.15, 0.2) is 0 Å². The molecular weight excluding hydrogens is 248 g/mol. The molecule has 0 aliphatic carbocycles. The molecule has 0 saturated heterocycles. The maximum atomic E-state index is 8.75. The maximum Gasteiger partial charge on any atom is 0.130 e. The van der Waals surface area contributed by atoms with E-state index in [2.05, 4.69) is 0 Å². The van der Waals surface area contributed by atoms with Crippen molar-refractivity contribution in [2.45, 2.75) is 13.8 Å². The Bertz CT molecular complexity index is 520. The Kier molecular flexibility index (Phi) is 5.24. The summed E-state index contributed by atoms with van der Waals surface area (Å²) in [6.07, 6.45) is 1.47. The number of nitriles is 2. The highest BCUT2D eigenvalue weighted by atomic mass is 35.5. The first-order chi connectivity index (χ1) is 8.56. The van der Waals surface area contributed by atoms with Gasteiger partial charge in [0.25, 0.3) is 0 Å². The number of allylic oxidation sites excluding steroid dienone is 1. The lowest BCUT2D eigenvalue weighted by Gasteiger charge is -2.11. The van der Waals surface area contributed by atoms with Crippen LogP contribution in [0.5, 0.6) is 5.75 Å². The molecule has 0 fully saturated rings. The van der Waals surface area contributed by atoms with Crippen LogP contribution in [0.15, 0.2) is 23.8 Å². The number of hydrogen-bond acceptors (Lipinski definition) is 3. The highest BCUT2D eigenvalue weighted by Gasteiger charge is 2.05. The first kappa shape index (κ1) is 14.1. The summed E-state index contributed by atoms with van der Waals surface area (Å²) in [5.41, 5.74) is 0.660. The standard InChI is InChI=1S/C14H13ClN2O/c1-10(2)9-18-14-4-3-13(15)6-12(14)5-11(7-16)8-17/h3-6,10H,9H2,1-2H3. The molecule has 0 aromatic heterocycles. The van der Waals surface area contributed by atoms with Gasteiger partial charge in [0, 0.05) is 10.6 Å². The lowest BCUT2D eigenvalue weighted by molar-refractivity contribution is 0.270. The molecule has 0 N–H and O–H groups in total. The van der Waals surface area contributed by atoms with Crippen LogP contribution in [0.3, 0.4) is 0 Å². The van der Waals surface area contributed by atoms with Gasteiger partial charge in [-0.2, -0.15) is 10.5 Å². The van der Waals surface area contributed by atoms with Crippen molar-refractivity contribution in [3.8, 4) is 17.9 Å². The summed E-state index contributed by atoms with van der Waals surface area (Å²) in [6.45, 7) is 4.65. The zero-order valence-electron chi connectivity index (χ0n) is 10.3. The van der Waals surface area contributed by atoms with Crippen LogP contribution in [0, 0.1) is 28.6 Å². The minimum atomic E-state index is 0.0201. The number of benzene rings is 1. The fourth-order valence-electron chi connectivity index (χ4n) is 1.27. The van der Waals surface area contributed by atoms with Crippen LogP contribution in [0.25, 0.3) is 6.08 Å². The molecular formula is C14H13ClN2O. The summed E-state index contributed by atoms with van der Waals surface area (Å²) in [6, 6.07) is 8.75. The third-order valence-corrected chi connectivity index (χ3v) is 2.32.